The SMILES string of the molecule is C.COCCCNCCNN. The predicted molar refractivity (Wildman–Crippen MR) is 48.3 cm³/mol. The summed E-state index contributed by atoms with van der Waals surface area (Å²) in [6.07, 6.45) is 1.06. The first kappa shape index (κ1) is 13.4. The third-order valence-electron chi connectivity index (χ3n) is 1.15. The van der Waals surface area contributed by atoms with E-state index in [0.29, 0.717) is 0 Å². The van der Waals surface area contributed by atoms with Crippen molar-refractivity contribution in [3.63, 3.8) is 0 Å². The average Bonchev–Trinajstić information content (AvgIpc) is 1.97. The lowest BCUT2D eigenvalue weighted by atomic mass is 10.4. The third kappa shape index (κ3) is 12.9. The van der Waals surface area contributed by atoms with Crippen LogP contribution in [0.25, 0.3) is 0 Å². The van der Waals surface area contributed by atoms with Crippen LogP contribution in [0.2, 0.25) is 0 Å². The first-order valence-electron chi connectivity index (χ1n) is 3.55. The number of hydrazine groups is 1. The predicted octanol–water partition coefficient (Wildman–Crippen LogP) is -0.288. The van der Waals surface area contributed by atoms with Crippen LogP contribution in [-0.4, -0.2) is 33.4 Å². The second-order valence-electron chi connectivity index (χ2n) is 2.05. The Morgan fingerprint density at radius 1 is 1.27 bits per heavy atom. The Morgan fingerprint density at radius 2 is 2.00 bits per heavy atom. The molecule has 0 aromatic rings. The number of methoxy groups -OCH3 is 1. The zero-order chi connectivity index (χ0) is 7.66. The van der Waals surface area contributed by atoms with Crippen LogP contribution in [0, 0.1) is 0 Å². The standard InChI is InChI=1S/C6H17N3O.CH4/c1-10-6-2-3-8-4-5-9-7;/h8-9H,2-7H2,1H3;1H4. The lowest BCUT2D eigenvalue weighted by Crippen LogP contribution is -2.32. The molecule has 0 bridgehead atoms. The smallest absolute Gasteiger partial charge is 0.0474 e. The third-order valence-corrected chi connectivity index (χ3v) is 1.15. The second-order valence-corrected chi connectivity index (χ2v) is 2.05. The van der Waals surface area contributed by atoms with E-state index in [-0.39, 0.29) is 7.43 Å². The molecule has 0 aromatic heterocycles. The molecular weight excluding hydrogens is 142 g/mol. The summed E-state index contributed by atoms with van der Waals surface area (Å²) >= 11 is 0. The van der Waals surface area contributed by atoms with Gasteiger partial charge >= 0.3 is 0 Å². The maximum absolute atomic E-state index is 5.05. The number of rotatable bonds is 7. The first-order chi connectivity index (χ1) is 4.91. The van der Waals surface area contributed by atoms with Crippen molar-refractivity contribution in [2.24, 2.45) is 5.84 Å². The highest BCUT2D eigenvalue weighted by molar-refractivity contribution is 4.47. The van der Waals surface area contributed by atoms with E-state index < -0.39 is 0 Å². The van der Waals surface area contributed by atoms with Crippen molar-refractivity contribution >= 4 is 0 Å². The van der Waals surface area contributed by atoms with Crippen molar-refractivity contribution < 1.29 is 4.74 Å². The molecule has 4 heteroatoms. The molecule has 0 spiro atoms. The minimum atomic E-state index is 0. The molecule has 0 aliphatic carbocycles. The molecule has 0 saturated carbocycles. The summed E-state index contributed by atoms with van der Waals surface area (Å²) in [6, 6.07) is 0. The lowest BCUT2D eigenvalue weighted by molar-refractivity contribution is 0.194. The van der Waals surface area contributed by atoms with E-state index in [4.69, 9.17) is 10.6 Å². The fourth-order valence-electron chi connectivity index (χ4n) is 0.627. The summed E-state index contributed by atoms with van der Waals surface area (Å²) in [5, 5.41) is 3.20. The van der Waals surface area contributed by atoms with Crippen LogP contribution in [0.1, 0.15) is 13.8 Å². The Labute approximate surface area is 69.5 Å². The molecule has 70 valence electrons. The van der Waals surface area contributed by atoms with Crippen LogP contribution < -0.4 is 16.6 Å². The van der Waals surface area contributed by atoms with Crippen molar-refractivity contribution in [1.82, 2.24) is 10.7 Å². The van der Waals surface area contributed by atoms with Crippen LogP contribution in [0.3, 0.4) is 0 Å². The van der Waals surface area contributed by atoms with Crippen LogP contribution in [0.4, 0.5) is 0 Å². The topological polar surface area (TPSA) is 59.3 Å². The average molecular weight is 163 g/mol. The maximum Gasteiger partial charge on any atom is 0.0474 e. The van der Waals surface area contributed by atoms with Crippen molar-refractivity contribution in [2.45, 2.75) is 13.8 Å². The molecule has 0 aliphatic rings. The van der Waals surface area contributed by atoms with Crippen LogP contribution >= 0.6 is 0 Å². The fourth-order valence-corrected chi connectivity index (χ4v) is 0.627. The maximum atomic E-state index is 5.05. The van der Waals surface area contributed by atoms with E-state index in [1.54, 1.807) is 7.11 Å². The quantitative estimate of drug-likeness (QED) is 0.274. The van der Waals surface area contributed by atoms with Gasteiger partial charge in [-0.3, -0.25) is 11.3 Å². The lowest BCUT2D eigenvalue weighted by Gasteiger charge is -2.02. The molecule has 0 atom stereocenters. The van der Waals surface area contributed by atoms with Crippen LogP contribution in [0.5, 0.6) is 0 Å². The number of hydrogen-bond acceptors (Lipinski definition) is 4. The molecule has 4 nitrogen and oxygen atoms in total. The molecule has 4 N–H and O–H groups in total. The van der Waals surface area contributed by atoms with Gasteiger partial charge in [0.15, 0.2) is 0 Å². The van der Waals surface area contributed by atoms with Crippen molar-refractivity contribution in [3.05, 3.63) is 0 Å². The molecule has 0 amide bonds. The number of hydrogen-bond donors (Lipinski definition) is 3. The van der Waals surface area contributed by atoms with Gasteiger partial charge < -0.3 is 10.1 Å². The first-order valence-corrected chi connectivity index (χ1v) is 3.55. The molecule has 11 heavy (non-hydrogen) atoms. The largest absolute Gasteiger partial charge is 0.385 e. The van der Waals surface area contributed by atoms with Crippen molar-refractivity contribution in [2.75, 3.05) is 33.4 Å². The van der Waals surface area contributed by atoms with Crippen LogP contribution in [-0.2, 0) is 4.74 Å². The van der Waals surface area contributed by atoms with Crippen LogP contribution in [0.15, 0.2) is 0 Å². The molecule has 0 saturated heterocycles. The Kier molecular flexibility index (Phi) is 15.3. The van der Waals surface area contributed by atoms with Gasteiger partial charge in [-0.25, -0.2) is 0 Å². The Bertz CT molecular complexity index is 53.6. The number of nitrogens with one attached hydrogen (secondary N) is 2. The molecular formula is C7H21N3O. The summed E-state index contributed by atoms with van der Waals surface area (Å²) in [4.78, 5) is 0. The second kappa shape index (κ2) is 12.5. The zero-order valence-electron chi connectivity index (χ0n) is 6.52. The van der Waals surface area contributed by atoms with E-state index >= 15 is 0 Å². The molecule has 0 aliphatic heterocycles. The van der Waals surface area contributed by atoms with Crippen molar-refractivity contribution in [3.8, 4) is 0 Å². The zero-order valence-corrected chi connectivity index (χ0v) is 6.52. The van der Waals surface area contributed by atoms with E-state index in [2.05, 4.69) is 10.7 Å². The number of nitrogens with two attached hydrogens (primary N) is 1. The molecule has 0 radical (unpaired) electrons. The minimum absolute atomic E-state index is 0. The van der Waals surface area contributed by atoms with Gasteiger partial charge in [0.2, 0.25) is 0 Å². The summed E-state index contributed by atoms with van der Waals surface area (Å²) in [5.41, 5.74) is 2.56. The normalized spacial score (nSPS) is 9.27. The van der Waals surface area contributed by atoms with Gasteiger partial charge in [0.1, 0.15) is 0 Å². The number of ether oxygens (including phenoxy) is 1. The summed E-state index contributed by atoms with van der Waals surface area (Å²) < 4.78 is 4.87. The highest BCUT2D eigenvalue weighted by atomic mass is 16.5. The minimum Gasteiger partial charge on any atom is -0.385 e. The summed E-state index contributed by atoms with van der Waals surface area (Å²) in [6.45, 7) is 3.55. The van der Waals surface area contributed by atoms with Crippen molar-refractivity contribution in [1.29, 1.82) is 0 Å². The van der Waals surface area contributed by atoms with E-state index in [0.717, 1.165) is 32.7 Å². The van der Waals surface area contributed by atoms with E-state index in [1.165, 1.54) is 0 Å². The van der Waals surface area contributed by atoms with Gasteiger partial charge in [0.05, 0.1) is 0 Å². The van der Waals surface area contributed by atoms with Gasteiger partial charge in [0.25, 0.3) is 0 Å². The Hall–Kier alpha value is -0.160. The summed E-state index contributed by atoms with van der Waals surface area (Å²) in [7, 11) is 1.71. The van der Waals surface area contributed by atoms with Gasteiger partial charge in [-0.15, -0.1) is 0 Å². The monoisotopic (exact) mass is 163 g/mol. The van der Waals surface area contributed by atoms with Gasteiger partial charge in [-0.1, -0.05) is 7.43 Å². The highest BCUT2D eigenvalue weighted by Gasteiger charge is 1.85. The highest BCUT2D eigenvalue weighted by Crippen LogP contribution is 1.75. The van der Waals surface area contributed by atoms with E-state index in [9.17, 15) is 0 Å². The van der Waals surface area contributed by atoms with Gasteiger partial charge in [0, 0.05) is 26.8 Å². The molecule has 0 heterocycles. The van der Waals surface area contributed by atoms with E-state index in [1.807, 2.05) is 0 Å². The Balaban J connectivity index is 0. The summed E-state index contributed by atoms with van der Waals surface area (Å²) in [5.74, 6) is 5.05. The molecule has 0 rings (SSSR count). The molecule has 0 unspecified atom stereocenters. The Morgan fingerprint density at radius 3 is 2.55 bits per heavy atom. The molecule has 0 aromatic carbocycles. The van der Waals surface area contributed by atoms with Gasteiger partial charge in [-0.05, 0) is 13.0 Å². The molecule has 0 fully saturated rings. The fraction of sp³-hybridized carbons (Fsp3) is 1.00. The van der Waals surface area contributed by atoms with Gasteiger partial charge in [-0.2, -0.15) is 0 Å².